The largest absolute Gasteiger partial charge is 0.493 e. The zero-order chi connectivity index (χ0) is 19.1. The molecule has 0 fully saturated rings. The monoisotopic (exact) mass is 448 g/mol. The molecular weight excluding hydrogens is 432 g/mol. The van der Waals surface area contributed by atoms with Crippen molar-refractivity contribution in [1.82, 2.24) is 29.6 Å². The molecule has 10 heteroatoms. The summed E-state index contributed by atoms with van der Waals surface area (Å²) in [6.45, 7) is 4.02. The second kappa shape index (κ2) is 6.93. The lowest BCUT2D eigenvalue weighted by Crippen LogP contribution is -2.08. The van der Waals surface area contributed by atoms with Crippen molar-refractivity contribution in [3.63, 3.8) is 0 Å². The van der Waals surface area contributed by atoms with E-state index in [2.05, 4.69) is 38.1 Å². The second-order valence-electron chi connectivity index (χ2n) is 5.95. The second-order valence-corrected chi connectivity index (χ2v) is 7.79. The van der Waals surface area contributed by atoms with Crippen LogP contribution in [0, 0.1) is 6.92 Å². The Morgan fingerprint density at radius 2 is 1.89 bits per heavy atom. The van der Waals surface area contributed by atoms with Crippen molar-refractivity contribution in [1.29, 1.82) is 0 Å². The molecule has 0 radical (unpaired) electrons. The molecule has 1 atom stereocenters. The molecule has 3 heterocycles. The summed E-state index contributed by atoms with van der Waals surface area (Å²) in [7, 11) is 3.21. The van der Waals surface area contributed by atoms with E-state index >= 15 is 0 Å². The summed E-state index contributed by atoms with van der Waals surface area (Å²) in [5.74, 6) is 1.94. The van der Waals surface area contributed by atoms with E-state index < -0.39 is 0 Å². The van der Waals surface area contributed by atoms with Crippen molar-refractivity contribution in [2.24, 2.45) is 0 Å². The average Bonchev–Trinajstić information content (AvgIpc) is 3.35. The van der Waals surface area contributed by atoms with Crippen LogP contribution in [0.2, 0.25) is 0 Å². The highest BCUT2D eigenvalue weighted by Gasteiger charge is 2.20. The summed E-state index contributed by atoms with van der Waals surface area (Å²) in [6.07, 6.45) is 1.96. The van der Waals surface area contributed by atoms with Gasteiger partial charge in [-0.25, -0.2) is 0 Å². The molecule has 0 saturated carbocycles. The number of methoxy groups -OCH3 is 2. The van der Waals surface area contributed by atoms with E-state index in [0.717, 1.165) is 25.7 Å². The topological polar surface area (TPSA) is 79.4 Å². The van der Waals surface area contributed by atoms with Crippen molar-refractivity contribution in [3.05, 3.63) is 39.6 Å². The number of aromatic nitrogens is 6. The first-order valence-corrected chi connectivity index (χ1v) is 9.78. The van der Waals surface area contributed by atoms with Gasteiger partial charge in [-0.2, -0.15) is 14.7 Å². The van der Waals surface area contributed by atoms with E-state index in [4.69, 9.17) is 14.6 Å². The summed E-state index contributed by atoms with van der Waals surface area (Å²) >= 11 is 5.00. The standard InChI is InChI=1S/C17H17BrN6O2S/c1-9-12(18)8-23(21-9)10(2)16-22-24-15(19-20-17(24)27-16)11-5-6-13(25-3)14(7-11)26-4/h5-8,10H,1-4H3/t10-/m1/s1. The van der Waals surface area contributed by atoms with Gasteiger partial charge in [0.15, 0.2) is 17.3 Å². The normalized spacial score (nSPS) is 12.5. The van der Waals surface area contributed by atoms with Gasteiger partial charge < -0.3 is 9.47 Å². The number of rotatable bonds is 5. The van der Waals surface area contributed by atoms with E-state index in [1.807, 2.05) is 36.0 Å². The van der Waals surface area contributed by atoms with Crippen molar-refractivity contribution >= 4 is 32.2 Å². The SMILES string of the molecule is COc1ccc(-c2nnc3sc([C@@H](C)n4cc(Br)c(C)n4)nn23)cc1OC. The van der Waals surface area contributed by atoms with Gasteiger partial charge in [-0.3, -0.25) is 4.68 Å². The predicted octanol–water partition coefficient (Wildman–Crippen LogP) is 3.75. The first kappa shape index (κ1) is 17.9. The Hall–Kier alpha value is -2.46. The Morgan fingerprint density at radius 3 is 2.56 bits per heavy atom. The molecule has 0 unspecified atom stereocenters. The van der Waals surface area contributed by atoms with Crippen LogP contribution >= 0.6 is 27.3 Å². The van der Waals surface area contributed by atoms with Crippen molar-refractivity contribution in [2.45, 2.75) is 19.9 Å². The number of halogens is 1. The molecule has 0 saturated heterocycles. The van der Waals surface area contributed by atoms with Crippen LogP contribution < -0.4 is 9.47 Å². The van der Waals surface area contributed by atoms with Crippen LogP contribution in [0.1, 0.15) is 23.7 Å². The van der Waals surface area contributed by atoms with Gasteiger partial charge in [-0.15, -0.1) is 10.2 Å². The maximum atomic E-state index is 5.39. The highest BCUT2D eigenvalue weighted by molar-refractivity contribution is 9.10. The summed E-state index contributed by atoms with van der Waals surface area (Å²) < 4.78 is 15.3. The predicted molar refractivity (Wildman–Crippen MR) is 106 cm³/mol. The Balaban J connectivity index is 1.74. The zero-order valence-corrected chi connectivity index (χ0v) is 17.6. The van der Waals surface area contributed by atoms with E-state index in [9.17, 15) is 0 Å². The lowest BCUT2D eigenvalue weighted by Gasteiger charge is -2.08. The smallest absolute Gasteiger partial charge is 0.235 e. The molecule has 3 aromatic heterocycles. The molecule has 0 amide bonds. The minimum Gasteiger partial charge on any atom is -0.493 e. The lowest BCUT2D eigenvalue weighted by atomic mass is 10.2. The number of aryl methyl sites for hydroxylation is 1. The molecule has 4 aromatic rings. The molecule has 0 N–H and O–H groups in total. The third-order valence-corrected chi connectivity index (χ3v) is 6.11. The Kier molecular flexibility index (Phi) is 4.60. The first-order chi connectivity index (χ1) is 13.0. The minimum absolute atomic E-state index is 0.0139. The van der Waals surface area contributed by atoms with Crippen LogP contribution in [0.3, 0.4) is 0 Å². The molecule has 1 aromatic carbocycles. The fraction of sp³-hybridized carbons (Fsp3) is 0.294. The van der Waals surface area contributed by atoms with Crippen LogP contribution in [0.5, 0.6) is 11.5 Å². The molecule has 8 nitrogen and oxygen atoms in total. The summed E-state index contributed by atoms with van der Waals surface area (Å²) in [5, 5.41) is 18.7. The number of ether oxygens (including phenoxy) is 2. The molecule has 0 spiro atoms. The van der Waals surface area contributed by atoms with Gasteiger partial charge in [0.25, 0.3) is 0 Å². The summed E-state index contributed by atoms with van der Waals surface area (Å²) in [4.78, 5) is 0.726. The van der Waals surface area contributed by atoms with E-state index in [-0.39, 0.29) is 6.04 Å². The number of fused-ring (bicyclic) bond motifs is 1. The van der Waals surface area contributed by atoms with Crippen LogP contribution in [0.15, 0.2) is 28.9 Å². The molecule has 0 aliphatic heterocycles. The Bertz CT molecular complexity index is 1100. The van der Waals surface area contributed by atoms with Gasteiger partial charge in [0.05, 0.1) is 24.4 Å². The fourth-order valence-electron chi connectivity index (χ4n) is 2.73. The summed E-state index contributed by atoms with van der Waals surface area (Å²) in [5.41, 5.74) is 1.79. The Morgan fingerprint density at radius 1 is 1.11 bits per heavy atom. The number of benzene rings is 1. The maximum absolute atomic E-state index is 5.39. The fourth-order valence-corrected chi connectivity index (χ4v) is 3.90. The van der Waals surface area contributed by atoms with Gasteiger partial charge in [0.1, 0.15) is 11.0 Å². The van der Waals surface area contributed by atoms with Crippen molar-refractivity contribution < 1.29 is 9.47 Å². The van der Waals surface area contributed by atoms with Gasteiger partial charge in [-0.1, -0.05) is 11.3 Å². The maximum Gasteiger partial charge on any atom is 0.235 e. The van der Waals surface area contributed by atoms with Gasteiger partial charge in [-0.05, 0) is 48.0 Å². The Labute approximate surface area is 167 Å². The number of hydrogen-bond acceptors (Lipinski definition) is 7. The number of nitrogens with zero attached hydrogens (tertiary/aromatic N) is 6. The van der Waals surface area contributed by atoms with Gasteiger partial charge in [0.2, 0.25) is 4.96 Å². The highest BCUT2D eigenvalue weighted by atomic mass is 79.9. The van der Waals surface area contributed by atoms with Crippen molar-refractivity contribution in [3.8, 4) is 22.9 Å². The van der Waals surface area contributed by atoms with Crippen LogP contribution in [-0.4, -0.2) is 43.8 Å². The van der Waals surface area contributed by atoms with Crippen LogP contribution in [-0.2, 0) is 0 Å². The quantitative estimate of drug-likeness (QED) is 0.462. The molecule has 27 heavy (non-hydrogen) atoms. The van der Waals surface area contributed by atoms with Gasteiger partial charge in [0, 0.05) is 11.8 Å². The molecule has 0 bridgehead atoms. The third kappa shape index (κ3) is 3.08. The molecule has 140 valence electrons. The molecule has 4 rings (SSSR count). The molecule has 0 aliphatic rings. The lowest BCUT2D eigenvalue weighted by molar-refractivity contribution is 0.355. The van der Waals surface area contributed by atoms with E-state index in [1.54, 1.807) is 18.7 Å². The van der Waals surface area contributed by atoms with Gasteiger partial charge >= 0.3 is 0 Å². The highest BCUT2D eigenvalue weighted by Crippen LogP contribution is 2.33. The minimum atomic E-state index is -0.0139. The third-order valence-electron chi connectivity index (χ3n) is 4.26. The molecule has 0 aliphatic carbocycles. The van der Waals surface area contributed by atoms with E-state index in [0.29, 0.717) is 17.3 Å². The first-order valence-electron chi connectivity index (χ1n) is 8.17. The van der Waals surface area contributed by atoms with Crippen molar-refractivity contribution in [2.75, 3.05) is 14.2 Å². The summed E-state index contributed by atoms with van der Waals surface area (Å²) in [6, 6.07) is 5.61. The zero-order valence-electron chi connectivity index (χ0n) is 15.2. The molecular formula is C17H17BrN6O2S. The van der Waals surface area contributed by atoms with Crippen LogP contribution in [0.25, 0.3) is 16.3 Å². The van der Waals surface area contributed by atoms with E-state index in [1.165, 1.54) is 11.3 Å². The van der Waals surface area contributed by atoms with Crippen LogP contribution in [0.4, 0.5) is 0 Å². The average molecular weight is 449 g/mol. The number of hydrogen-bond donors (Lipinski definition) is 0.